The third kappa shape index (κ3) is 2.89. The van der Waals surface area contributed by atoms with Crippen molar-refractivity contribution < 1.29 is 24.4 Å². The van der Waals surface area contributed by atoms with Crippen LogP contribution in [-0.2, 0) is 14.2 Å². The van der Waals surface area contributed by atoms with Gasteiger partial charge in [-0.05, 0) is 13.3 Å². The molecule has 5 atom stereocenters. The van der Waals surface area contributed by atoms with Crippen LogP contribution in [0.1, 0.15) is 20.3 Å². The van der Waals surface area contributed by atoms with Crippen LogP contribution in [0.4, 0.5) is 0 Å². The van der Waals surface area contributed by atoms with Gasteiger partial charge in [-0.2, -0.15) is 0 Å². The number of hydrogen-bond acceptors (Lipinski definition) is 5. The van der Waals surface area contributed by atoms with Crippen molar-refractivity contribution in [3.8, 4) is 0 Å². The van der Waals surface area contributed by atoms with Crippen molar-refractivity contribution in [2.24, 2.45) is 0 Å². The molecule has 1 unspecified atom stereocenters. The summed E-state index contributed by atoms with van der Waals surface area (Å²) in [6.07, 6.45) is -2.71. The van der Waals surface area contributed by atoms with E-state index in [2.05, 4.69) is 0 Å². The van der Waals surface area contributed by atoms with E-state index in [-0.39, 0.29) is 0 Å². The molecule has 0 aliphatic carbocycles. The molecule has 0 saturated carbocycles. The van der Waals surface area contributed by atoms with Gasteiger partial charge < -0.3 is 24.4 Å². The SMILES string of the molecule is CCCO[C@@H]1[C@@H](O)[C@H](C)OC(OC)[C@@H]1O. The Morgan fingerprint density at radius 2 is 1.93 bits per heavy atom. The second kappa shape index (κ2) is 5.77. The monoisotopic (exact) mass is 220 g/mol. The fourth-order valence-electron chi connectivity index (χ4n) is 1.64. The summed E-state index contributed by atoms with van der Waals surface area (Å²) in [6.45, 7) is 4.20. The van der Waals surface area contributed by atoms with E-state index in [1.54, 1.807) is 6.92 Å². The van der Waals surface area contributed by atoms with Gasteiger partial charge in [-0.25, -0.2) is 0 Å². The maximum atomic E-state index is 9.81. The van der Waals surface area contributed by atoms with Gasteiger partial charge in [0.05, 0.1) is 6.10 Å². The fourth-order valence-corrected chi connectivity index (χ4v) is 1.64. The molecule has 5 nitrogen and oxygen atoms in total. The van der Waals surface area contributed by atoms with Crippen LogP contribution in [0.5, 0.6) is 0 Å². The summed E-state index contributed by atoms with van der Waals surface area (Å²) in [4.78, 5) is 0. The topological polar surface area (TPSA) is 68.2 Å². The maximum absolute atomic E-state index is 9.81. The second-order valence-electron chi connectivity index (χ2n) is 3.76. The van der Waals surface area contributed by atoms with Gasteiger partial charge in [0, 0.05) is 13.7 Å². The Hall–Kier alpha value is -0.200. The fraction of sp³-hybridized carbons (Fsp3) is 1.00. The summed E-state index contributed by atoms with van der Waals surface area (Å²) < 4.78 is 15.6. The molecule has 0 radical (unpaired) electrons. The van der Waals surface area contributed by atoms with E-state index in [0.29, 0.717) is 6.61 Å². The Morgan fingerprint density at radius 3 is 2.47 bits per heavy atom. The minimum atomic E-state index is -0.951. The van der Waals surface area contributed by atoms with E-state index in [4.69, 9.17) is 14.2 Å². The molecule has 0 aromatic carbocycles. The molecule has 1 heterocycles. The lowest BCUT2D eigenvalue weighted by atomic mass is 10.00. The normalized spacial score (nSPS) is 41.8. The van der Waals surface area contributed by atoms with Gasteiger partial charge in [0.2, 0.25) is 0 Å². The summed E-state index contributed by atoms with van der Waals surface area (Å²) in [5.41, 5.74) is 0. The molecule has 0 aromatic heterocycles. The van der Waals surface area contributed by atoms with Crippen LogP contribution in [0.15, 0.2) is 0 Å². The molecule has 15 heavy (non-hydrogen) atoms. The molecule has 0 bridgehead atoms. The second-order valence-corrected chi connectivity index (χ2v) is 3.76. The van der Waals surface area contributed by atoms with Crippen LogP contribution < -0.4 is 0 Å². The zero-order valence-corrected chi connectivity index (χ0v) is 9.42. The third-order valence-electron chi connectivity index (χ3n) is 2.53. The minimum absolute atomic E-state index is 0.403. The Bertz CT molecular complexity index is 187. The van der Waals surface area contributed by atoms with E-state index >= 15 is 0 Å². The van der Waals surface area contributed by atoms with Crippen LogP contribution >= 0.6 is 0 Å². The van der Waals surface area contributed by atoms with Crippen molar-refractivity contribution in [1.29, 1.82) is 0 Å². The molecule has 0 spiro atoms. The van der Waals surface area contributed by atoms with Gasteiger partial charge >= 0.3 is 0 Å². The molecule has 0 amide bonds. The lowest BCUT2D eigenvalue weighted by molar-refractivity contribution is -0.293. The molecule has 1 fully saturated rings. The van der Waals surface area contributed by atoms with Gasteiger partial charge in [0.1, 0.15) is 18.3 Å². The van der Waals surface area contributed by atoms with Crippen molar-refractivity contribution in [3.63, 3.8) is 0 Å². The molecule has 0 aromatic rings. The predicted octanol–water partition coefficient (Wildman–Crippen LogP) is -0.105. The van der Waals surface area contributed by atoms with Crippen LogP contribution in [-0.4, -0.2) is 54.6 Å². The highest BCUT2D eigenvalue weighted by atomic mass is 16.7. The van der Waals surface area contributed by atoms with Gasteiger partial charge in [0.15, 0.2) is 6.29 Å². The highest BCUT2D eigenvalue weighted by Crippen LogP contribution is 2.23. The van der Waals surface area contributed by atoms with Crippen molar-refractivity contribution in [2.45, 2.75) is 51.0 Å². The summed E-state index contributed by atoms with van der Waals surface area (Å²) in [5, 5.41) is 19.6. The molecule has 1 rings (SSSR count). The van der Waals surface area contributed by atoms with E-state index in [1.165, 1.54) is 7.11 Å². The van der Waals surface area contributed by atoms with Crippen molar-refractivity contribution >= 4 is 0 Å². The highest BCUT2D eigenvalue weighted by Gasteiger charge is 2.43. The molecule has 1 aliphatic heterocycles. The smallest absolute Gasteiger partial charge is 0.186 e. The van der Waals surface area contributed by atoms with Crippen molar-refractivity contribution in [3.05, 3.63) is 0 Å². The zero-order valence-electron chi connectivity index (χ0n) is 9.42. The van der Waals surface area contributed by atoms with Crippen LogP contribution in [0.3, 0.4) is 0 Å². The number of aliphatic hydroxyl groups excluding tert-OH is 2. The Labute approximate surface area is 89.9 Å². The summed E-state index contributed by atoms with van der Waals surface area (Å²) in [7, 11) is 1.45. The minimum Gasteiger partial charge on any atom is -0.388 e. The standard InChI is InChI=1S/C10H20O5/c1-4-5-14-9-7(11)6(2)15-10(13-3)8(9)12/h6-12H,4-5H2,1-3H3/t6-,7-,8+,9+,10?/m0/s1. The largest absolute Gasteiger partial charge is 0.388 e. The quantitative estimate of drug-likeness (QED) is 0.692. The van der Waals surface area contributed by atoms with Crippen LogP contribution in [0, 0.1) is 0 Å². The number of methoxy groups -OCH3 is 1. The van der Waals surface area contributed by atoms with Crippen molar-refractivity contribution in [1.82, 2.24) is 0 Å². The average Bonchev–Trinajstić information content (AvgIpc) is 2.23. The first kappa shape index (κ1) is 12.9. The van der Waals surface area contributed by atoms with Crippen molar-refractivity contribution in [2.75, 3.05) is 13.7 Å². The number of ether oxygens (including phenoxy) is 3. The lowest BCUT2D eigenvalue weighted by Crippen LogP contribution is -2.58. The first-order valence-corrected chi connectivity index (χ1v) is 5.27. The van der Waals surface area contributed by atoms with Crippen LogP contribution in [0.2, 0.25) is 0 Å². The number of rotatable bonds is 4. The summed E-state index contributed by atoms with van der Waals surface area (Å²) in [5.74, 6) is 0. The Balaban J connectivity index is 2.62. The summed E-state index contributed by atoms with van der Waals surface area (Å²) >= 11 is 0. The van der Waals surface area contributed by atoms with E-state index < -0.39 is 30.7 Å². The molecular formula is C10H20O5. The average molecular weight is 220 g/mol. The van der Waals surface area contributed by atoms with Gasteiger partial charge in [0.25, 0.3) is 0 Å². The molecule has 1 saturated heterocycles. The third-order valence-corrected chi connectivity index (χ3v) is 2.53. The van der Waals surface area contributed by atoms with E-state index in [0.717, 1.165) is 6.42 Å². The number of hydrogen-bond donors (Lipinski definition) is 2. The highest BCUT2D eigenvalue weighted by molar-refractivity contribution is 4.88. The number of aliphatic hydroxyl groups is 2. The first-order valence-electron chi connectivity index (χ1n) is 5.27. The van der Waals surface area contributed by atoms with Crippen LogP contribution in [0.25, 0.3) is 0 Å². The molecule has 90 valence electrons. The zero-order chi connectivity index (χ0) is 11.4. The van der Waals surface area contributed by atoms with Gasteiger partial charge in [-0.3, -0.25) is 0 Å². The lowest BCUT2D eigenvalue weighted by Gasteiger charge is -2.40. The predicted molar refractivity (Wildman–Crippen MR) is 53.4 cm³/mol. The first-order chi connectivity index (χ1) is 7.11. The van der Waals surface area contributed by atoms with E-state index in [1.807, 2.05) is 6.92 Å². The molecular weight excluding hydrogens is 200 g/mol. The molecule has 5 heteroatoms. The Morgan fingerprint density at radius 1 is 1.27 bits per heavy atom. The summed E-state index contributed by atoms with van der Waals surface area (Å²) in [6, 6.07) is 0. The Kier molecular flexibility index (Phi) is 4.95. The van der Waals surface area contributed by atoms with Gasteiger partial charge in [-0.1, -0.05) is 6.92 Å². The molecule has 2 N–H and O–H groups in total. The van der Waals surface area contributed by atoms with E-state index in [9.17, 15) is 10.2 Å². The van der Waals surface area contributed by atoms with Gasteiger partial charge in [-0.15, -0.1) is 0 Å². The maximum Gasteiger partial charge on any atom is 0.186 e. The molecule has 1 aliphatic rings.